The molecule has 2 aliphatic rings. The topological polar surface area (TPSA) is 81.5 Å². The molecule has 144 valence electrons. The summed E-state index contributed by atoms with van der Waals surface area (Å²) in [6.07, 6.45) is 2.10. The fourth-order valence-corrected chi connectivity index (χ4v) is 4.05. The molecule has 0 spiro atoms. The number of halogens is 1. The van der Waals surface area contributed by atoms with Crippen LogP contribution in [0.3, 0.4) is 0 Å². The van der Waals surface area contributed by atoms with Gasteiger partial charge < -0.3 is 15.5 Å². The number of aromatic amines is 1. The van der Waals surface area contributed by atoms with Gasteiger partial charge in [-0.2, -0.15) is 5.10 Å². The molecule has 7 nitrogen and oxygen atoms in total. The van der Waals surface area contributed by atoms with Crippen molar-refractivity contribution in [3.63, 3.8) is 0 Å². The van der Waals surface area contributed by atoms with Crippen LogP contribution in [0.4, 0.5) is 15.9 Å². The van der Waals surface area contributed by atoms with Gasteiger partial charge >= 0.3 is 0 Å². The summed E-state index contributed by atoms with van der Waals surface area (Å²) in [6.45, 7) is 5.21. The van der Waals surface area contributed by atoms with Gasteiger partial charge in [0, 0.05) is 57.1 Å². The number of piperazine rings is 1. The van der Waals surface area contributed by atoms with Crippen molar-refractivity contribution in [2.45, 2.75) is 18.9 Å². The summed E-state index contributed by atoms with van der Waals surface area (Å²) in [5.41, 5.74) is 7.13. The Morgan fingerprint density at radius 2 is 1.89 bits per heavy atom. The highest BCUT2D eigenvalue weighted by Gasteiger charge is 2.30. The lowest BCUT2D eigenvalue weighted by molar-refractivity contribution is 0.0558. The summed E-state index contributed by atoms with van der Waals surface area (Å²) in [4.78, 5) is 19.3. The van der Waals surface area contributed by atoms with Crippen LogP contribution in [-0.4, -0.2) is 71.2 Å². The molecule has 2 aromatic rings. The Hall–Kier alpha value is -2.61. The Balaban J connectivity index is 1.34. The number of aromatic nitrogens is 2. The molecule has 0 aliphatic carbocycles. The van der Waals surface area contributed by atoms with E-state index in [0.717, 1.165) is 57.8 Å². The van der Waals surface area contributed by atoms with Gasteiger partial charge in [-0.15, -0.1) is 0 Å². The molecule has 2 saturated heterocycles. The number of hydrogen-bond acceptors (Lipinski definition) is 5. The molecule has 0 saturated carbocycles. The average Bonchev–Trinajstić information content (AvgIpc) is 3.14. The van der Waals surface area contributed by atoms with Crippen molar-refractivity contribution in [3.05, 3.63) is 41.8 Å². The van der Waals surface area contributed by atoms with Gasteiger partial charge in [-0.25, -0.2) is 4.39 Å². The summed E-state index contributed by atoms with van der Waals surface area (Å²) in [7, 11) is 0. The number of rotatable bonds is 3. The Morgan fingerprint density at radius 1 is 1.15 bits per heavy atom. The van der Waals surface area contributed by atoms with E-state index in [2.05, 4.69) is 20.0 Å². The SMILES string of the molecule is Nc1cc(C(=O)N2CCC[C@@H](N3CCN(c4ccc(F)cc4)CC3)C2)[nH]n1. The molecule has 0 unspecified atom stereocenters. The van der Waals surface area contributed by atoms with Crippen LogP contribution in [0, 0.1) is 5.82 Å². The number of nitrogens with zero attached hydrogens (tertiary/aromatic N) is 4. The van der Waals surface area contributed by atoms with E-state index < -0.39 is 0 Å². The summed E-state index contributed by atoms with van der Waals surface area (Å²) in [5, 5.41) is 6.56. The number of nitrogens with two attached hydrogens (primary N) is 1. The molecule has 1 aromatic carbocycles. The molecule has 1 aromatic heterocycles. The molecular formula is C19H25FN6O. The molecule has 2 fully saturated rings. The van der Waals surface area contributed by atoms with Gasteiger partial charge in [0.25, 0.3) is 5.91 Å². The number of anilines is 2. The van der Waals surface area contributed by atoms with Gasteiger partial charge in [0.1, 0.15) is 17.3 Å². The monoisotopic (exact) mass is 372 g/mol. The zero-order valence-electron chi connectivity index (χ0n) is 15.3. The molecule has 3 heterocycles. The lowest BCUT2D eigenvalue weighted by Crippen LogP contribution is -2.55. The number of H-pyrrole nitrogens is 1. The maximum absolute atomic E-state index is 13.1. The summed E-state index contributed by atoms with van der Waals surface area (Å²) < 4.78 is 13.1. The smallest absolute Gasteiger partial charge is 0.271 e. The Bertz CT molecular complexity index is 784. The summed E-state index contributed by atoms with van der Waals surface area (Å²) in [5.74, 6) is 0.0982. The number of benzene rings is 1. The van der Waals surface area contributed by atoms with Crippen LogP contribution in [0.1, 0.15) is 23.3 Å². The lowest BCUT2D eigenvalue weighted by atomic mass is 10.0. The number of likely N-dealkylation sites (tertiary alicyclic amines) is 1. The van der Waals surface area contributed by atoms with E-state index in [0.29, 0.717) is 17.6 Å². The molecule has 3 N–H and O–H groups in total. The zero-order valence-corrected chi connectivity index (χ0v) is 15.3. The van der Waals surface area contributed by atoms with Crippen LogP contribution in [0.25, 0.3) is 0 Å². The van der Waals surface area contributed by atoms with Gasteiger partial charge in [-0.1, -0.05) is 0 Å². The molecule has 8 heteroatoms. The number of carbonyl (C=O) groups is 1. The summed E-state index contributed by atoms with van der Waals surface area (Å²) in [6, 6.07) is 8.65. The molecule has 1 amide bonds. The number of nitrogens with one attached hydrogen (secondary N) is 1. The molecule has 0 radical (unpaired) electrons. The minimum atomic E-state index is -0.205. The highest BCUT2D eigenvalue weighted by Crippen LogP contribution is 2.22. The minimum absolute atomic E-state index is 0.0335. The third kappa shape index (κ3) is 3.90. The van der Waals surface area contributed by atoms with Gasteiger partial charge in [-0.3, -0.25) is 14.8 Å². The number of nitrogen functional groups attached to an aromatic ring is 1. The fraction of sp³-hybridized carbons (Fsp3) is 0.474. The van der Waals surface area contributed by atoms with E-state index in [4.69, 9.17) is 5.73 Å². The quantitative estimate of drug-likeness (QED) is 0.855. The van der Waals surface area contributed by atoms with E-state index in [1.165, 1.54) is 12.1 Å². The van der Waals surface area contributed by atoms with Crippen molar-refractivity contribution in [1.82, 2.24) is 20.0 Å². The second-order valence-electron chi connectivity index (χ2n) is 7.25. The maximum Gasteiger partial charge on any atom is 0.271 e. The number of carbonyl (C=O) groups excluding carboxylic acids is 1. The van der Waals surface area contributed by atoms with Crippen molar-refractivity contribution >= 4 is 17.4 Å². The van der Waals surface area contributed by atoms with Gasteiger partial charge in [0.05, 0.1) is 0 Å². The van der Waals surface area contributed by atoms with E-state index in [1.807, 2.05) is 17.0 Å². The second-order valence-corrected chi connectivity index (χ2v) is 7.25. The Morgan fingerprint density at radius 3 is 2.56 bits per heavy atom. The first-order valence-corrected chi connectivity index (χ1v) is 9.45. The van der Waals surface area contributed by atoms with Crippen molar-refractivity contribution in [3.8, 4) is 0 Å². The largest absolute Gasteiger partial charge is 0.382 e. The molecule has 27 heavy (non-hydrogen) atoms. The summed E-state index contributed by atoms with van der Waals surface area (Å²) >= 11 is 0. The number of piperidine rings is 1. The minimum Gasteiger partial charge on any atom is -0.382 e. The molecule has 2 aliphatic heterocycles. The average molecular weight is 372 g/mol. The molecule has 0 bridgehead atoms. The Labute approximate surface area is 157 Å². The normalized spacial score (nSPS) is 21.4. The predicted octanol–water partition coefficient (Wildman–Crippen LogP) is 1.56. The maximum atomic E-state index is 13.1. The van der Waals surface area contributed by atoms with Crippen LogP contribution in [-0.2, 0) is 0 Å². The first kappa shape index (κ1) is 17.8. The third-order valence-corrected chi connectivity index (χ3v) is 5.53. The van der Waals surface area contributed by atoms with Crippen molar-refractivity contribution in [2.24, 2.45) is 0 Å². The van der Waals surface area contributed by atoms with E-state index in [-0.39, 0.29) is 11.7 Å². The zero-order chi connectivity index (χ0) is 18.8. The van der Waals surface area contributed by atoms with Crippen LogP contribution >= 0.6 is 0 Å². The predicted molar refractivity (Wildman–Crippen MR) is 102 cm³/mol. The van der Waals surface area contributed by atoms with Crippen molar-refractivity contribution in [2.75, 3.05) is 49.9 Å². The van der Waals surface area contributed by atoms with Crippen molar-refractivity contribution in [1.29, 1.82) is 0 Å². The van der Waals surface area contributed by atoms with Gasteiger partial charge in [-0.05, 0) is 37.1 Å². The highest BCUT2D eigenvalue weighted by molar-refractivity contribution is 5.93. The standard InChI is InChI=1S/C19H25FN6O/c20-14-3-5-15(6-4-14)24-8-10-25(11-9-24)16-2-1-7-26(13-16)19(27)17-12-18(21)23-22-17/h3-6,12,16H,1-2,7-11,13H2,(H3,21,22,23)/t16-/m1/s1. The first-order valence-electron chi connectivity index (χ1n) is 9.45. The van der Waals surface area contributed by atoms with Crippen molar-refractivity contribution < 1.29 is 9.18 Å². The van der Waals surface area contributed by atoms with E-state index in [1.54, 1.807) is 6.07 Å². The van der Waals surface area contributed by atoms with Crippen LogP contribution < -0.4 is 10.6 Å². The first-order chi connectivity index (χ1) is 13.1. The lowest BCUT2D eigenvalue weighted by Gasteiger charge is -2.43. The third-order valence-electron chi connectivity index (χ3n) is 5.53. The van der Waals surface area contributed by atoms with Gasteiger partial charge in [0.2, 0.25) is 0 Å². The Kier molecular flexibility index (Phi) is 4.98. The fourth-order valence-electron chi connectivity index (χ4n) is 4.05. The van der Waals surface area contributed by atoms with Crippen LogP contribution in [0.2, 0.25) is 0 Å². The number of hydrogen-bond donors (Lipinski definition) is 2. The van der Waals surface area contributed by atoms with E-state index >= 15 is 0 Å². The molecule has 1 atom stereocenters. The molecular weight excluding hydrogens is 347 g/mol. The van der Waals surface area contributed by atoms with Crippen LogP contribution in [0.15, 0.2) is 30.3 Å². The molecule has 4 rings (SSSR count). The second kappa shape index (κ2) is 7.56. The van der Waals surface area contributed by atoms with Crippen LogP contribution in [0.5, 0.6) is 0 Å². The highest BCUT2D eigenvalue weighted by atomic mass is 19.1. The van der Waals surface area contributed by atoms with Gasteiger partial charge in [0.15, 0.2) is 0 Å². The van der Waals surface area contributed by atoms with E-state index in [9.17, 15) is 9.18 Å². The number of amides is 1.